The molecule has 0 amide bonds. The molecule has 0 saturated heterocycles. The van der Waals surface area contributed by atoms with Crippen LogP contribution in [0.1, 0.15) is 59.4 Å². The van der Waals surface area contributed by atoms with Crippen molar-refractivity contribution in [2.24, 2.45) is 0 Å². The predicted octanol–water partition coefficient (Wildman–Crippen LogP) is 4.43. The number of aliphatic hydroxyl groups is 1. The van der Waals surface area contributed by atoms with Gasteiger partial charge in [0.05, 0.1) is 24.2 Å². The van der Waals surface area contributed by atoms with Crippen LogP contribution in [0.4, 0.5) is 5.69 Å². The van der Waals surface area contributed by atoms with E-state index in [2.05, 4.69) is 0 Å². The number of nitro groups is 1. The Bertz CT molecular complexity index is 747. The second kappa shape index (κ2) is 11.0. The molecule has 0 aliphatic rings. The Kier molecular flexibility index (Phi) is 9.62. The molecule has 0 radical (unpaired) electrons. The SMILES string of the molecule is CCOP(=O)(OCC)C(C(=O)OC(C)(C)C)C(CC(C)O)c1ccc([N+](=O)[O-])cc1. The van der Waals surface area contributed by atoms with Crippen molar-refractivity contribution >= 4 is 19.3 Å². The van der Waals surface area contributed by atoms with Crippen LogP contribution in [0.25, 0.3) is 0 Å². The molecule has 1 N–H and O–H groups in total. The molecule has 10 heteroatoms. The summed E-state index contributed by atoms with van der Waals surface area (Å²) in [7, 11) is -4.00. The maximum atomic E-state index is 13.7. The Labute approximate surface area is 177 Å². The molecule has 0 saturated carbocycles. The maximum absolute atomic E-state index is 13.7. The van der Waals surface area contributed by atoms with Gasteiger partial charge in [0.15, 0.2) is 5.66 Å². The zero-order chi connectivity index (χ0) is 23.1. The molecule has 1 rings (SSSR count). The molecular formula is C20H32NO8P. The zero-order valence-corrected chi connectivity index (χ0v) is 19.3. The summed E-state index contributed by atoms with van der Waals surface area (Å²) in [4.78, 5) is 23.6. The Hall–Kier alpha value is -1.80. The van der Waals surface area contributed by atoms with Crippen molar-refractivity contribution in [1.82, 2.24) is 0 Å². The Morgan fingerprint density at radius 2 is 1.67 bits per heavy atom. The van der Waals surface area contributed by atoms with Gasteiger partial charge in [-0.3, -0.25) is 19.5 Å². The molecule has 0 heterocycles. The normalized spacial score (nSPS) is 15.3. The van der Waals surface area contributed by atoms with Crippen LogP contribution in [0.2, 0.25) is 0 Å². The highest BCUT2D eigenvalue weighted by atomic mass is 31.2. The Morgan fingerprint density at radius 3 is 2.03 bits per heavy atom. The summed E-state index contributed by atoms with van der Waals surface area (Å²) in [5.41, 5.74) is -1.85. The van der Waals surface area contributed by atoms with Gasteiger partial charge >= 0.3 is 13.6 Å². The van der Waals surface area contributed by atoms with Crippen LogP contribution >= 0.6 is 7.60 Å². The second-order valence-corrected chi connectivity index (χ2v) is 10.0. The molecule has 0 spiro atoms. The van der Waals surface area contributed by atoms with Crippen LogP contribution in [0, 0.1) is 10.1 Å². The van der Waals surface area contributed by atoms with Crippen LogP contribution in [0.3, 0.4) is 0 Å². The third-order valence-corrected chi connectivity index (χ3v) is 6.60. The molecule has 0 aliphatic heterocycles. The fraction of sp³-hybridized carbons (Fsp3) is 0.650. The van der Waals surface area contributed by atoms with E-state index in [0.29, 0.717) is 5.56 Å². The molecule has 0 aliphatic carbocycles. The molecule has 9 nitrogen and oxygen atoms in total. The molecule has 0 bridgehead atoms. The van der Waals surface area contributed by atoms with Gasteiger partial charge in [0.25, 0.3) is 5.69 Å². The minimum absolute atomic E-state index is 0.0399. The van der Waals surface area contributed by atoms with Crippen molar-refractivity contribution in [3.63, 3.8) is 0 Å². The van der Waals surface area contributed by atoms with Gasteiger partial charge < -0.3 is 18.9 Å². The molecule has 3 atom stereocenters. The van der Waals surface area contributed by atoms with E-state index in [1.165, 1.54) is 31.2 Å². The number of rotatable bonds is 11. The zero-order valence-electron chi connectivity index (χ0n) is 18.4. The van der Waals surface area contributed by atoms with E-state index in [9.17, 15) is 24.6 Å². The lowest BCUT2D eigenvalue weighted by Gasteiger charge is -2.33. The van der Waals surface area contributed by atoms with E-state index in [1.54, 1.807) is 34.6 Å². The number of carbonyl (C=O) groups excluding carboxylic acids is 1. The monoisotopic (exact) mass is 445 g/mol. The van der Waals surface area contributed by atoms with Crippen LogP contribution in [-0.4, -0.2) is 46.6 Å². The number of esters is 1. The minimum Gasteiger partial charge on any atom is -0.459 e. The van der Waals surface area contributed by atoms with Crippen molar-refractivity contribution in [1.29, 1.82) is 0 Å². The first-order valence-electron chi connectivity index (χ1n) is 9.88. The van der Waals surface area contributed by atoms with Crippen molar-refractivity contribution in [3.05, 3.63) is 39.9 Å². The molecule has 0 aromatic heterocycles. The van der Waals surface area contributed by atoms with E-state index < -0.39 is 41.8 Å². The van der Waals surface area contributed by atoms with Gasteiger partial charge in [0.2, 0.25) is 0 Å². The van der Waals surface area contributed by atoms with Crippen molar-refractivity contribution in [3.8, 4) is 0 Å². The van der Waals surface area contributed by atoms with E-state index in [4.69, 9.17) is 13.8 Å². The lowest BCUT2D eigenvalue weighted by Crippen LogP contribution is -2.37. The van der Waals surface area contributed by atoms with Crippen LogP contribution in [0.5, 0.6) is 0 Å². The summed E-state index contributed by atoms with van der Waals surface area (Å²) in [6, 6.07) is 5.54. The average Bonchev–Trinajstić information content (AvgIpc) is 2.59. The van der Waals surface area contributed by atoms with E-state index in [0.717, 1.165) is 0 Å². The number of benzene rings is 1. The predicted molar refractivity (Wildman–Crippen MR) is 113 cm³/mol. The van der Waals surface area contributed by atoms with Gasteiger partial charge in [-0.1, -0.05) is 12.1 Å². The lowest BCUT2D eigenvalue weighted by atomic mass is 9.89. The van der Waals surface area contributed by atoms with Gasteiger partial charge in [-0.15, -0.1) is 0 Å². The van der Waals surface area contributed by atoms with Crippen molar-refractivity contribution in [2.75, 3.05) is 13.2 Å². The summed E-state index contributed by atoms with van der Waals surface area (Å²) in [5, 5.41) is 21.1. The fourth-order valence-electron chi connectivity index (χ4n) is 3.09. The minimum atomic E-state index is -4.00. The summed E-state index contributed by atoms with van der Waals surface area (Å²) in [5.74, 6) is -1.60. The molecule has 30 heavy (non-hydrogen) atoms. The Morgan fingerprint density at radius 1 is 1.17 bits per heavy atom. The first-order valence-corrected chi connectivity index (χ1v) is 11.5. The first kappa shape index (κ1) is 26.2. The summed E-state index contributed by atoms with van der Waals surface area (Å²) < 4.78 is 30.1. The Balaban J connectivity index is 3.59. The number of nitrogens with zero attached hydrogens (tertiary/aromatic N) is 1. The molecular weight excluding hydrogens is 413 g/mol. The smallest absolute Gasteiger partial charge is 0.345 e. The third-order valence-electron chi connectivity index (χ3n) is 4.12. The molecule has 170 valence electrons. The topological polar surface area (TPSA) is 125 Å². The first-order chi connectivity index (χ1) is 13.8. The summed E-state index contributed by atoms with van der Waals surface area (Å²) in [6.07, 6.45) is -0.807. The van der Waals surface area contributed by atoms with E-state index in [-0.39, 0.29) is 25.3 Å². The standard InChI is InChI=1S/C20H32NO8P/c1-7-27-30(26,28-8-2)18(19(23)29-20(4,5)6)17(13-14(3)22)15-9-11-16(12-10-15)21(24)25/h9-12,14,17-18,22H,7-8,13H2,1-6H3. The van der Waals surface area contributed by atoms with Crippen LogP contribution < -0.4 is 0 Å². The maximum Gasteiger partial charge on any atom is 0.345 e. The number of hydrogen-bond donors (Lipinski definition) is 1. The molecule has 1 aromatic rings. The molecule has 0 fully saturated rings. The van der Waals surface area contributed by atoms with Crippen molar-refractivity contribution < 1.29 is 33.2 Å². The van der Waals surface area contributed by atoms with Gasteiger partial charge in [-0.25, -0.2) is 0 Å². The highest BCUT2D eigenvalue weighted by Crippen LogP contribution is 2.58. The van der Waals surface area contributed by atoms with E-state index in [1.807, 2.05) is 0 Å². The third kappa shape index (κ3) is 7.47. The quantitative estimate of drug-likeness (QED) is 0.230. The average molecular weight is 445 g/mol. The number of aliphatic hydroxyl groups excluding tert-OH is 1. The summed E-state index contributed by atoms with van der Waals surface area (Å²) in [6.45, 7) is 9.94. The molecule has 3 unspecified atom stereocenters. The number of non-ortho nitro benzene ring substituents is 1. The second-order valence-electron chi connectivity index (χ2n) is 7.89. The number of nitro benzene ring substituents is 1. The largest absolute Gasteiger partial charge is 0.459 e. The van der Waals surface area contributed by atoms with Gasteiger partial charge in [-0.2, -0.15) is 0 Å². The van der Waals surface area contributed by atoms with Gasteiger partial charge in [0, 0.05) is 18.1 Å². The summed E-state index contributed by atoms with van der Waals surface area (Å²) >= 11 is 0. The van der Waals surface area contributed by atoms with Gasteiger partial charge in [0.1, 0.15) is 5.60 Å². The highest BCUT2D eigenvalue weighted by Gasteiger charge is 2.49. The van der Waals surface area contributed by atoms with Crippen LogP contribution in [-0.2, 0) is 23.1 Å². The van der Waals surface area contributed by atoms with Crippen molar-refractivity contribution in [2.45, 2.75) is 71.2 Å². The van der Waals surface area contributed by atoms with E-state index >= 15 is 0 Å². The number of hydrogen-bond acceptors (Lipinski definition) is 8. The lowest BCUT2D eigenvalue weighted by molar-refractivity contribution is -0.384. The molecule has 1 aromatic carbocycles. The fourth-order valence-corrected chi connectivity index (χ4v) is 5.25. The van der Waals surface area contributed by atoms with Crippen LogP contribution in [0.15, 0.2) is 24.3 Å². The van der Waals surface area contributed by atoms with Gasteiger partial charge in [-0.05, 0) is 53.5 Å². The number of ether oxygens (including phenoxy) is 1. The number of carbonyl (C=O) groups is 1. The highest BCUT2D eigenvalue weighted by molar-refractivity contribution is 7.55.